The molecule has 1 atom stereocenters. The number of hydrogen-bond donors (Lipinski definition) is 1. The van der Waals surface area contributed by atoms with Gasteiger partial charge in [-0.2, -0.15) is 0 Å². The van der Waals surface area contributed by atoms with Crippen molar-refractivity contribution >= 4 is 24.0 Å². The number of rotatable bonds is 2. The molecule has 0 radical (unpaired) electrons. The molecule has 0 spiro atoms. The van der Waals surface area contributed by atoms with E-state index in [9.17, 15) is 9.18 Å². The molecule has 1 amide bonds. The molecule has 3 rings (SSSR count). The van der Waals surface area contributed by atoms with Crippen molar-refractivity contribution in [2.24, 2.45) is 0 Å². The zero-order valence-electron chi connectivity index (χ0n) is 12.3. The van der Waals surface area contributed by atoms with E-state index >= 15 is 0 Å². The minimum absolute atomic E-state index is 0. The molecule has 2 heterocycles. The molecule has 1 aromatic carbocycles. The Kier molecular flexibility index (Phi) is 5.52. The number of carbonyl (C=O) groups is 1. The van der Waals surface area contributed by atoms with Crippen LogP contribution in [-0.4, -0.2) is 35.5 Å². The highest BCUT2D eigenvalue weighted by molar-refractivity contribution is 5.92. The SMILES string of the molecule is Cl.Nc1ccc(C(=O)N2CCOC(c3ccc(F)cc3)C2)nc1. The van der Waals surface area contributed by atoms with Gasteiger partial charge in [0.05, 0.1) is 25.0 Å². The Labute approximate surface area is 139 Å². The quantitative estimate of drug-likeness (QED) is 0.914. The standard InChI is InChI=1S/C16H16FN3O2.ClH/c17-12-3-1-11(2-4-12)15-10-20(7-8-22-15)16(21)14-6-5-13(18)9-19-14;/h1-6,9,15H,7-8,10,18H2;1H. The number of morpholine rings is 1. The van der Waals surface area contributed by atoms with Crippen molar-refractivity contribution in [1.29, 1.82) is 0 Å². The van der Waals surface area contributed by atoms with Gasteiger partial charge in [0, 0.05) is 6.54 Å². The van der Waals surface area contributed by atoms with Crippen molar-refractivity contribution in [3.63, 3.8) is 0 Å². The van der Waals surface area contributed by atoms with E-state index in [2.05, 4.69) is 4.98 Å². The molecule has 2 N–H and O–H groups in total. The highest BCUT2D eigenvalue weighted by atomic mass is 35.5. The summed E-state index contributed by atoms with van der Waals surface area (Å²) in [5, 5.41) is 0. The number of nitrogen functional groups attached to an aromatic ring is 1. The third-order valence-electron chi connectivity index (χ3n) is 3.60. The van der Waals surface area contributed by atoms with Gasteiger partial charge in [0.2, 0.25) is 0 Å². The number of hydrogen-bond acceptors (Lipinski definition) is 4. The summed E-state index contributed by atoms with van der Waals surface area (Å²) in [5.41, 5.74) is 7.30. The Morgan fingerprint density at radius 3 is 2.65 bits per heavy atom. The van der Waals surface area contributed by atoms with Crippen molar-refractivity contribution in [3.8, 4) is 0 Å². The number of nitrogens with zero attached hydrogens (tertiary/aromatic N) is 2. The lowest BCUT2D eigenvalue weighted by Gasteiger charge is -2.33. The summed E-state index contributed by atoms with van der Waals surface area (Å²) in [5.74, 6) is -0.450. The monoisotopic (exact) mass is 337 g/mol. The summed E-state index contributed by atoms with van der Waals surface area (Å²) in [6, 6.07) is 9.39. The predicted molar refractivity (Wildman–Crippen MR) is 86.9 cm³/mol. The first kappa shape index (κ1) is 17.2. The van der Waals surface area contributed by atoms with E-state index in [0.717, 1.165) is 5.56 Å². The molecule has 23 heavy (non-hydrogen) atoms. The lowest BCUT2D eigenvalue weighted by molar-refractivity contribution is -0.0230. The van der Waals surface area contributed by atoms with Gasteiger partial charge in [-0.1, -0.05) is 12.1 Å². The Bertz CT molecular complexity index is 664. The lowest BCUT2D eigenvalue weighted by atomic mass is 10.1. The molecule has 1 aliphatic heterocycles. The molecule has 7 heteroatoms. The van der Waals surface area contributed by atoms with Crippen molar-refractivity contribution < 1.29 is 13.9 Å². The molecule has 5 nitrogen and oxygen atoms in total. The number of anilines is 1. The normalized spacial score (nSPS) is 17.4. The summed E-state index contributed by atoms with van der Waals surface area (Å²) in [6.45, 7) is 1.35. The minimum atomic E-state index is -0.293. The third kappa shape index (κ3) is 3.97. The van der Waals surface area contributed by atoms with Gasteiger partial charge < -0.3 is 15.4 Å². The van der Waals surface area contributed by atoms with Crippen LogP contribution < -0.4 is 5.73 Å². The van der Waals surface area contributed by atoms with Gasteiger partial charge in [0.1, 0.15) is 17.6 Å². The zero-order valence-corrected chi connectivity index (χ0v) is 13.1. The number of halogens is 2. The van der Waals surface area contributed by atoms with Gasteiger partial charge in [0.15, 0.2) is 0 Å². The second-order valence-electron chi connectivity index (χ2n) is 5.14. The largest absolute Gasteiger partial charge is 0.397 e. The summed E-state index contributed by atoms with van der Waals surface area (Å²) in [4.78, 5) is 18.2. The second-order valence-corrected chi connectivity index (χ2v) is 5.14. The molecule has 1 unspecified atom stereocenters. The van der Waals surface area contributed by atoms with E-state index < -0.39 is 0 Å². The maximum Gasteiger partial charge on any atom is 0.272 e. The molecule has 122 valence electrons. The fourth-order valence-corrected chi connectivity index (χ4v) is 2.41. The van der Waals surface area contributed by atoms with Crippen LogP contribution in [-0.2, 0) is 4.74 Å². The van der Waals surface area contributed by atoms with Crippen LogP contribution in [0.1, 0.15) is 22.2 Å². The summed E-state index contributed by atoms with van der Waals surface area (Å²) >= 11 is 0. The molecule has 1 fully saturated rings. The average molecular weight is 338 g/mol. The summed E-state index contributed by atoms with van der Waals surface area (Å²) < 4.78 is 18.7. The van der Waals surface area contributed by atoms with Gasteiger partial charge in [-0.3, -0.25) is 4.79 Å². The Balaban J connectivity index is 0.00000192. The number of amides is 1. The Morgan fingerprint density at radius 2 is 2.00 bits per heavy atom. The number of pyridine rings is 1. The third-order valence-corrected chi connectivity index (χ3v) is 3.60. The molecular weight excluding hydrogens is 321 g/mol. The average Bonchev–Trinajstić information content (AvgIpc) is 2.56. The maximum atomic E-state index is 13.0. The first-order chi connectivity index (χ1) is 10.6. The molecule has 0 bridgehead atoms. The van der Waals surface area contributed by atoms with Crippen molar-refractivity contribution in [1.82, 2.24) is 9.88 Å². The van der Waals surface area contributed by atoms with Crippen molar-refractivity contribution in [3.05, 3.63) is 59.7 Å². The van der Waals surface area contributed by atoms with E-state index in [4.69, 9.17) is 10.5 Å². The number of carbonyl (C=O) groups excluding carboxylic acids is 1. The van der Waals surface area contributed by atoms with E-state index in [1.54, 1.807) is 29.2 Å². The topological polar surface area (TPSA) is 68.5 Å². The van der Waals surface area contributed by atoms with Crippen molar-refractivity contribution in [2.45, 2.75) is 6.10 Å². The molecule has 1 aliphatic rings. The van der Waals surface area contributed by atoms with Gasteiger partial charge in [-0.25, -0.2) is 9.37 Å². The smallest absolute Gasteiger partial charge is 0.272 e. The first-order valence-corrected chi connectivity index (χ1v) is 7.01. The molecular formula is C16H17ClFN3O2. The highest BCUT2D eigenvalue weighted by Crippen LogP contribution is 2.23. The summed E-state index contributed by atoms with van der Waals surface area (Å²) in [7, 11) is 0. The van der Waals surface area contributed by atoms with Crippen LogP contribution in [0, 0.1) is 5.82 Å². The predicted octanol–water partition coefficient (Wildman–Crippen LogP) is 2.44. The molecule has 2 aromatic rings. The van der Waals surface area contributed by atoms with Gasteiger partial charge in [0.25, 0.3) is 5.91 Å². The first-order valence-electron chi connectivity index (χ1n) is 7.01. The van der Waals surface area contributed by atoms with Crippen molar-refractivity contribution in [2.75, 3.05) is 25.4 Å². The van der Waals surface area contributed by atoms with Gasteiger partial charge in [-0.05, 0) is 29.8 Å². The van der Waals surface area contributed by atoms with Crippen LogP contribution in [0.25, 0.3) is 0 Å². The zero-order chi connectivity index (χ0) is 15.5. The molecule has 0 aliphatic carbocycles. The number of ether oxygens (including phenoxy) is 1. The number of aromatic nitrogens is 1. The molecule has 0 saturated carbocycles. The van der Waals surface area contributed by atoms with Crippen LogP contribution in [0.4, 0.5) is 10.1 Å². The van der Waals surface area contributed by atoms with Gasteiger partial charge >= 0.3 is 0 Å². The Hall–Kier alpha value is -2.18. The van der Waals surface area contributed by atoms with Crippen LogP contribution in [0.2, 0.25) is 0 Å². The highest BCUT2D eigenvalue weighted by Gasteiger charge is 2.26. The Morgan fingerprint density at radius 1 is 1.26 bits per heavy atom. The maximum absolute atomic E-state index is 13.0. The molecule has 1 aromatic heterocycles. The second kappa shape index (κ2) is 7.39. The lowest BCUT2D eigenvalue weighted by Crippen LogP contribution is -2.42. The fraction of sp³-hybridized carbons (Fsp3) is 0.250. The van der Waals surface area contributed by atoms with Crippen LogP contribution in [0.5, 0.6) is 0 Å². The molecule has 1 saturated heterocycles. The van der Waals surface area contributed by atoms with Crippen LogP contribution in [0.3, 0.4) is 0 Å². The number of nitrogens with two attached hydrogens (primary N) is 1. The van der Waals surface area contributed by atoms with E-state index in [0.29, 0.717) is 31.1 Å². The van der Waals surface area contributed by atoms with E-state index in [1.807, 2.05) is 0 Å². The summed E-state index contributed by atoms with van der Waals surface area (Å²) in [6.07, 6.45) is 1.21. The number of benzene rings is 1. The van der Waals surface area contributed by atoms with Crippen LogP contribution in [0.15, 0.2) is 42.6 Å². The van der Waals surface area contributed by atoms with E-state index in [1.165, 1.54) is 18.3 Å². The van der Waals surface area contributed by atoms with Crippen LogP contribution >= 0.6 is 12.4 Å². The van der Waals surface area contributed by atoms with E-state index in [-0.39, 0.29) is 30.2 Å². The minimum Gasteiger partial charge on any atom is -0.397 e. The fourth-order valence-electron chi connectivity index (χ4n) is 2.41. The van der Waals surface area contributed by atoms with Gasteiger partial charge in [-0.15, -0.1) is 12.4 Å².